The van der Waals surface area contributed by atoms with Crippen molar-refractivity contribution >= 4 is 23.1 Å². The molecule has 0 spiro atoms. The van der Waals surface area contributed by atoms with Gasteiger partial charge >= 0.3 is 0 Å². The molecule has 5 heteroatoms. The molecule has 1 N–H and O–H groups in total. The first-order valence-electron chi connectivity index (χ1n) is 7.53. The van der Waals surface area contributed by atoms with Gasteiger partial charge in [-0.05, 0) is 30.7 Å². The monoisotopic (exact) mass is 287 g/mol. The zero-order valence-electron chi connectivity index (χ0n) is 12.4. The first-order chi connectivity index (χ1) is 10.1. The van der Waals surface area contributed by atoms with Gasteiger partial charge in [0, 0.05) is 50.5 Å². The van der Waals surface area contributed by atoms with Crippen LogP contribution >= 0.6 is 0 Å². The number of benzene rings is 1. The molecule has 0 aliphatic carbocycles. The molecule has 0 bridgehead atoms. The predicted octanol–water partition coefficient (Wildman–Crippen LogP) is 0.964. The van der Waals surface area contributed by atoms with Gasteiger partial charge in [0.2, 0.25) is 5.91 Å². The summed E-state index contributed by atoms with van der Waals surface area (Å²) in [6.07, 6.45) is 0.873. The molecule has 2 heterocycles. The first-order valence-corrected chi connectivity index (χ1v) is 7.53. The minimum atomic E-state index is 0.101. The third-order valence-electron chi connectivity index (χ3n) is 4.17. The summed E-state index contributed by atoms with van der Waals surface area (Å²) in [5.74, 6) is 0.220. The van der Waals surface area contributed by atoms with Gasteiger partial charge < -0.3 is 15.1 Å². The van der Waals surface area contributed by atoms with Gasteiger partial charge in [-0.3, -0.25) is 9.59 Å². The van der Waals surface area contributed by atoms with E-state index in [4.69, 9.17) is 0 Å². The Kier molecular flexibility index (Phi) is 3.92. The molecule has 3 rings (SSSR count). The number of hydrogen-bond acceptors (Lipinski definition) is 4. The lowest BCUT2D eigenvalue weighted by Crippen LogP contribution is -2.43. The van der Waals surface area contributed by atoms with Crippen LogP contribution in [0, 0.1) is 0 Å². The van der Waals surface area contributed by atoms with E-state index < -0.39 is 0 Å². The van der Waals surface area contributed by atoms with Crippen LogP contribution in [0.2, 0.25) is 0 Å². The molecule has 1 amide bonds. The number of hydrogen-bond donors (Lipinski definition) is 1. The highest BCUT2D eigenvalue weighted by Gasteiger charge is 2.27. The number of carbonyl (C=O) groups is 2. The average Bonchev–Trinajstić information content (AvgIpc) is 2.80. The van der Waals surface area contributed by atoms with E-state index in [9.17, 15) is 9.59 Å². The molecular formula is C16H21N3O2. The molecule has 2 aliphatic heterocycles. The average molecular weight is 287 g/mol. The molecule has 0 unspecified atom stereocenters. The minimum absolute atomic E-state index is 0.101. The summed E-state index contributed by atoms with van der Waals surface area (Å²) in [5, 5.41) is 3.34. The molecule has 0 saturated carbocycles. The SMILES string of the molecule is CC(=O)CCN1C(=O)Cc2cc(N3CCNCC3)ccc21. The molecule has 112 valence electrons. The van der Waals surface area contributed by atoms with Gasteiger partial charge in [-0.1, -0.05) is 0 Å². The second-order valence-corrected chi connectivity index (χ2v) is 5.72. The van der Waals surface area contributed by atoms with Gasteiger partial charge in [-0.15, -0.1) is 0 Å². The molecule has 0 atom stereocenters. The smallest absolute Gasteiger partial charge is 0.231 e. The third-order valence-corrected chi connectivity index (χ3v) is 4.17. The summed E-state index contributed by atoms with van der Waals surface area (Å²) in [6.45, 7) is 6.06. The van der Waals surface area contributed by atoms with Crippen LogP contribution in [0.25, 0.3) is 0 Å². The Bertz CT molecular complexity index is 565. The van der Waals surface area contributed by atoms with E-state index in [0.717, 1.165) is 37.4 Å². The summed E-state index contributed by atoms with van der Waals surface area (Å²) in [5.41, 5.74) is 3.25. The van der Waals surface area contributed by atoms with E-state index in [1.54, 1.807) is 11.8 Å². The largest absolute Gasteiger partial charge is 0.369 e. The van der Waals surface area contributed by atoms with Gasteiger partial charge in [0.25, 0.3) is 0 Å². The van der Waals surface area contributed by atoms with Crippen LogP contribution in [0.4, 0.5) is 11.4 Å². The maximum Gasteiger partial charge on any atom is 0.231 e. The van der Waals surface area contributed by atoms with Crippen molar-refractivity contribution in [1.82, 2.24) is 5.32 Å². The van der Waals surface area contributed by atoms with Crippen LogP contribution in [0.5, 0.6) is 0 Å². The molecule has 5 nitrogen and oxygen atoms in total. The lowest BCUT2D eigenvalue weighted by atomic mass is 10.1. The number of fused-ring (bicyclic) bond motifs is 1. The first kappa shape index (κ1) is 14.1. The highest BCUT2D eigenvalue weighted by Crippen LogP contribution is 2.32. The number of anilines is 2. The Labute approximate surface area is 124 Å². The number of nitrogens with one attached hydrogen (secondary N) is 1. The van der Waals surface area contributed by atoms with Crippen molar-refractivity contribution in [2.24, 2.45) is 0 Å². The zero-order chi connectivity index (χ0) is 14.8. The van der Waals surface area contributed by atoms with Crippen molar-refractivity contribution in [2.75, 3.05) is 42.5 Å². The molecular weight excluding hydrogens is 266 g/mol. The zero-order valence-corrected chi connectivity index (χ0v) is 12.4. The lowest BCUT2D eigenvalue weighted by molar-refractivity contribution is -0.117. The fraction of sp³-hybridized carbons (Fsp3) is 0.500. The lowest BCUT2D eigenvalue weighted by Gasteiger charge is -2.30. The number of nitrogens with zero attached hydrogens (tertiary/aromatic N) is 2. The Morgan fingerprint density at radius 2 is 2.05 bits per heavy atom. The number of ketones is 1. The topological polar surface area (TPSA) is 52.7 Å². The highest BCUT2D eigenvalue weighted by molar-refractivity contribution is 6.02. The Morgan fingerprint density at radius 1 is 1.29 bits per heavy atom. The van der Waals surface area contributed by atoms with E-state index in [0.29, 0.717) is 19.4 Å². The maximum atomic E-state index is 12.1. The minimum Gasteiger partial charge on any atom is -0.369 e. The van der Waals surface area contributed by atoms with Crippen LogP contribution in [0.15, 0.2) is 18.2 Å². The van der Waals surface area contributed by atoms with Gasteiger partial charge in [0.1, 0.15) is 5.78 Å². The van der Waals surface area contributed by atoms with Crippen LogP contribution in [0.1, 0.15) is 18.9 Å². The van der Waals surface area contributed by atoms with Gasteiger partial charge in [-0.25, -0.2) is 0 Å². The van der Waals surface area contributed by atoms with Crippen molar-refractivity contribution in [3.8, 4) is 0 Å². The van der Waals surface area contributed by atoms with E-state index in [1.165, 1.54) is 5.69 Å². The van der Waals surface area contributed by atoms with Crippen molar-refractivity contribution in [1.29, 1.82) is 0 Å². The number of piperazine rings is 1. The highest BCUT2D eigenvalue weighted by atomic mass is 16.2. The van der Waals surface area contributed by atoms with Crippen molar-refractivity contribution in [3.63, 3.8) is 0 Å². The Balaban J connectivity index is 1.79. The van der Waals surface area contributed by atoms with E-state index in [1.807, 2.05) is 6.07 Å². The second kappa shape index (κ2) is 5.85. The molecule has 0 radical (unpaired) electrons. The molecule has 1 saturated heterocycles. The fourth-order valence-electron chi connectivity index (χ4n) is 3.00. The summed E-state index contributed by atoms with van der Waals surface area (Å²) >= 11 is 0. The van der Waals surface area contributed by atoms with E-state index >= 15 is 0 Å². The third kappa shape index (κ3) is 2.93. The number of carbonyl (C=O) groups excluding carboxylic acids is 2. The van der Waals surface area contributed by atoms with E-state index in [2.05, 4.69) is 22.3 Å². The van der Waals surface area contributed by atoms with Crippen molar-refractivity contribution < 1.29 is 9.59 Å². The molecule has 1 fully saturated rings. The van der Waals surface area contributed by atoms with Gasteiger partial charge in [0.05, 0.1) is 6.42 Å². The van der Waals surface area contributed by atoms with Crippen molar-refractivity contribution in [2.45, 2.75) is 19.8 Å². The molecule has 1 aromatic rings. The molecule has 0 aromatic heterocycles. The van der Waals surface area contributed by atoms with Crippen LogP contribution < -0.4 is 15.1 Å². The normalized spacial score (nSPS) is 18.0. The molecule has 21 heavy (non-hydrogen) atoms. The summed E-state index contributed by atoms with van der Waals surface area (Å²) in [6, 6.07) is 6.24. The standard InChI is InChI=1S/C16H21N3O2/c1-12(20)4-7-19-15-3-2-14(10-13(15)11-16(19)21)18-8-5-17-6-9-18/h2-3,10,17H,4-9,11H2,1H3. The fourth-order valence-corrected chi connectivity index (χ4v) is 3.00. The summed E-state index contributed by atoms with van der Waals surface area (Å²) in [4.78, 5) is 27.3. The van der Waals surface area contributed by atoms with E-state index in [-0.39, 0.29) is 11.7 Å². The number of amides is 1. The summed E-state index contributed by atoms with van der Waals surface area (Å²) in [7, 11) is 0. The number of Topliss-reactive ketones (excluding diaryl/α,β-unsaturated/α-hetero) is 1. The summed E-state index contributed by atoms with van der Waals surface area (Å²) < 4.78 is 0. The van der Waals surface area contributed by atoms with Crippen LogP contribution in [-0.4, -0.2) is 44.4 Å². The van der Waals surface area contributed by atoms with Crippen LogP contribution in [0.3, 0.4) is 0 Å². The molecule has 1 aromatic carbocycles. The van der Waals surface area contributed by atoms with Crippen LogP contribution in [-0.2, 0) is 16.0 Å². The van der Waals surface area contributed by atoms with Gasteiger partial charge in [0.15, 0.2) is 0 Å². The predicted molar refractivity (Wildman–Crippen MR) is 82.9 cm³/mol. The van der Waals surface area contributed by atoms with Gasteiger partial charge in [-0.2, -0.15) is 0 Å². The Morgan fingerprint density at radius 3 is 2.76 bits per heavy atom. The quantitative estimate of drug-likeness (QED) is 0.896. The maximum absolute atomic E-state index is 12.1. The number of rotatable bonds is 4. The molecule has 2 aliphatic rings. The van der Waals surface area contributed by atoms with Crippen molar-refractivity contribution in [3.05, 3.63) is 23.8 Å². The second-order valence-electron chi connectivity index (χ2n) is 5.72. The Hall–Kier alpha value is -1.88.